The Labute approximate surface area is 90.8 Å². The molecule has 0 bridgehead atoms. The summed E-state index contributed by atoms with van der Waals surface area (Å²) in [5.41, 5.74) is 0. The maximum absolute atomic E-state index is 6.06. The molecule has 0 aromatic carbocycles. The molecule has 0 unspecified atom stereocenters. The van der Waals surface area contributed by atoms with Crippen LogP contribution in [0.15, 0.2) is 0 Å². The number of nitrogens with zero attached hydrogens (tertiary/aromatic N) is 1. The summed E-state index contributed by atoms with van der Waals surface area (Å²) in [6.07, 6.45) is 1.14. The number of hydrogen-bond donors (Lipinski definition) is 0. The largest absolute Gasteiger partial charge is 0.417 e. The fraction of sp³-hybridized carbons (Fsp3) is 1.00. The molecule has 14 heavy (non-hydrogen) atoms. The third kappa shape index (κ3) is 5.13. The van der Waals surface area contributed by atoms with Gasteiger partial charge in [0.2, 0.25) is 0 Å². The van der Waals surface area contributed by atoms with Crippen molar-refractivity contribution in [2.45, 2.75) is 45.3 Å². The number of rotatable bonds is 5. The van der Waals surface area contributed by atoms with Crippen LogP contribution in [0.1, 0.15) is 27.2 Å². The third-order valence-electron chi connectivity index (χ3n) is 3.02. The molecule has 0 rings (SSSR count). The molecule has 0 N–H and O–H groups in total. The summed E-state index contributed by atoms with van der Waals surface area (Å²) in [6, 6.07) is 0. The standard InChI is InChI=1S/C11H27NOSi/c1-11(2,3)14(6,7)13-10-8-9-12(4)5/h8-10H2,1-7H3. The molecular weight excluding hydrogens is 190 g/mol. The van der Waals surface area contributed by atoms with E-state index in [0.717, 1.165) is 19.6 Å². The lowest BCUT2D eigenvalue weighted by atomic mass is 10.2. The molecule has 0 saturated carbocycles. The lowest BCUT2D eigenvalue weighted by Crippen LogP contribution is -2.41. The van der Waals surface area contributed by atoms with E-state index in [0.29, 0.717) is 5.04 Å². The average Bonchev–Trinajstić information content (AvgIpc) is 1.95. The predicted molar refractivity (Wildman–Crippen MR) is 66.3 cm³/mol. The van der Waals surface area contributed by atoms with E-state index < -0.39 is 8.32 Å². The highest BCUT2D eigenvalue weighted by Crippen LogP contribution is 2.36. The van der Waals surface area contributed by atoms with Crippen molar-refractivity contribution in [3.05, 3.63) is 0 Å². The fourth-order valence-electron chi connectivity index (χ4n) is 0.925. The van der Waals surface area contributed by atoms with Crippen molar-refractivity contribution in [1.29, 1.82) is 0 Å². The molecule has 0 atom stereocenters. The van der Waals surface area contributed by atoms with Crippen LogP contribution in [0.5, 0.6) is 0 Å². The first-order chi connectivity index (χ1) is 6.17. The van der Waals surface area contributed by atoms with Crippen LogP contribution < -0.4 is 0 Å². The predicted octanol–water partition coefficient (Wildman–Crippen LogP) is 2.96. The van der Waals surface area contributed by atoms with Crippen LogP contribution in [0.2, 0.25) is 18.1 Å². The summed E-state index contributed by atoms with van der Waals surface area (Å²) in [5.74, 6) is 0. The minimum Gasteiger partial charge on any atom is -0.417 e. The van der Waals surface area contributed by atoms with Gasteiger partial charge in [0.25, 0.3) is 0 Å². The van der Waals surface area contributed by atoms with Crippen LogP contribution in [0.25, 0.3) is 0 Å². The van der Waals surface area contributed by atoms with E-state index in [1.807, 2.05) is 0 Å². The van der Waals surface area contributed by atoms with E-state index in [1.165, 1.54) is 0 Å². The van der Waals surface area contributed by atoms with E-state index in [9.17, 15) is 0 Å². The highest BCUT2D eigenvalue weighted by Gasteiger charge is 2.36. The Bertz CT molecular complexity index is 161. The quantitative estimate of drug-likeness (QED) is 0.518. The van der Waals surface area contributed by atoms with Crippen LogP contribution in [-0.4, -0.2) is 40.5 Å². The van der Waals surface area contributed by atoms with Crippen LogP contribution >= 0.6 is 0 Å². The first-order valence-electron chi connectivity index (χ1n) is 5.45. The third-order valence-corrected chi connectivity index (χ3v) is 7.56. The van der Waals surface area contributed by atoms with Gasteiger partial charge in [0.15, 0.2) is 8.32 Å². The summed E-state index contributed by atoms with van der Waals surface area (Å²) in [4.78, 5) is 2.20. The van der Waals surface area contributed by atoms with E-state index >= 15 is 0 Å². The lowest BCUT2D eigenvalue weighted by Gasteiger charge is -2.36. The molecule has 86 valence electrons. The SMILES string of the molecule is CN(C)CCCO[Si](C)(C)C(C)(C)C. The molecule has 0 saturated heterocycles. The van der Waals surface area contributed by atoms with Gasteiger partial charge in [0, 0.05) is 6.61 Å². The first kappa shape index (κ1) is 14.1. The Morgan fingerprint density at radius 2 is 1.64 bits per heavy atom. The molecule has 0 radical (unpaired) electrons. The van der Waals surface area contributed by atoms with Gasteiger partial charge < -0.3 is 9.33 Å². The Kier molecular flexibility index (Phi) is 5.34. The van der Waals surface area contributed by atoms with E-state index in [4.69, 9.17) is 4.43 Å². The molecule has 0 aromatic rings. The van der Waals surface area contributed by atoms with Crippen LogP contribution in [0.3, 0.4) is 0 Å². The summed E-state index contributed by atoms with van der Waals surface area (Å²) < 4.78 is 6.06. The molecule has 0 aliphatic heterocycles. The summed E-state index contributed by atoms with van der Waals surface area (Å²) in [7, 11) is 2.71. The molecule has 0 aromatic heterocycles. The molecule has 0 aliphatic carbocycles. The number of hydrogen-bond acceptors (Lipinski definition) is 2. The Morgan fingerprint density at radius 3 is 2.00 bits per heavy atom. The fourth-order valence-corrected chi connectivity index (χ4v) is 2.01. The molecule has 0 amide bonds. The van der Waals surface area contributed by atoms with Crippen molar-refractivity contribution in [1.82, 2.24) is 4.90 Å². The molecule has 2 nitrogen and oxygen atoms in total. The minimum absolute atomic E-state index is 0.338. The van der Waals surface area contributed by atoms with Gasteiger partial charge in [-0.25, -0.2) is 0 Å². The van der Waals surface area contributed by atoms with E-state index in [1.54, 1.807) is 0 Å². The monoisotopic (exact) mass is 217 g/mol. The lowest BCUT2D eigenvalue weighted by molar-refractivity contribution is 0.260. The Balaban J connectivity index is 3.78. The van der Waals surface area contributed by atoms with Crippen LogP contribution in [-0.2, 0) is 4.43 Å². The maximum Gasteiger partial charge on any atom is 0.191 e. The molecular formula is C11H27NOSi. The normalized spacial score (nSPS) is 13.7. The zero-order valence-corrected chi connectivity index (χ0v) is 12.0. The van der Waals surface area contributed by atoms with Crippen molar-refractivity contribution >= 4 is 8.32 Å². The van der Waals surface area contributed by atoms with Crippen molar-refractivity contribution in [3.63, 3.8) is 0 Å². The van der Waals surface area contributed by atoms with Gasteiger partial charge in [-0.3, -0.25) is 0 Å². The van der Waals surface area contributed by atoms with Gasteiger partial charge in [0.05, 0.1) is 0 Å². The van der Waals surface area contributed by atoms with Crippen molar-refractivity contribution < 1.29 is 4.43 Å². The Hall–Kier alpha value is 0.137. The molecule has 0 aliphatic rings. The second kappa shape index (κ2) is 5.28. The highest BCUT2D eigenvalue weighted by atomic mass is 28.4. The first-order valence-corrected chi connectivity index (χ1v) is 8.36. The molecule has 0 heterocycles. The highest BCUT2D eigenvalue weighted by molar-refractivity contribution is 6.74. The van der Waals surface area contributed by atoms with Crippen molar-refractivity contribution in [3.8, 4) is 0 Å². The van der Waals surface area contributed by atoms with Gasteiger partial charge in [-0.2, -0.15) is 0 Å². The van der Waals surface area contributed by atoms with Crippen molar-refractivity contribution in [2.75, 3.05) is 27.2 Å². The van der Waals surface area contributed by atoms with Gasteiger partial charge >= 0.3 is 0 Å². The summed E-state index contributed by atoms with van der Waals surface area (Å²) in [5, 5.41) is 0.338. The molecule has 0 spiro atoms. The zero-order chi connectivity index (χ0) is 11.4. The van der Waals surface area contributed by atoms with E-state index in [-0.39, 0.29) is 0 Å². The maximum atomic E-state index is 6.06. The summed E-state index contributed by atoms with van der Waals surface area (Å²) in [6.45, 7) is 13.5. The topological polar surface area (TPSA) is 12.5 Å². The van der Waals surface area contributed by atoms with Crippen LogP contribution in [0, 0.1) is 0 Å². The van der Waals surface area contributed by atoms with Crippen LogP contribution in [0.4, 0.5) is 0 Å². The van der Waals surface area contributed by atoms with E-state index in [2.05, 4.69) is 52.9 Å². The molecule has 0 fully saturated rings. The minimum atomic E-state index is -1.50. The van der Waals surface area contributed by atoms with Gasteiger partial charge in [-0.1, -0.05) is 20.8 Å². The van der Waals surface area contributed by atoms with Crippen molar-refractivity contribution in [2.24, 2.45) is 0 Å². The smallest absolute Gasteiger partial charge is 0.191 e. The zero-order valence-electron chi connectivity index (χ0n) is 11.0. The van der Waals surface area contributed by atoms with Gasteiger partial charge in [0.1, 0.15) is 0 Å². The second-order valence-electron chi connectivity index (χ2n) is 5.77. The Morgan fingerprint density at radius 1 is 1.14 bits per heavy atom. The average molecular weight is 217 g/mol. The van der Waals surface area contributed by atoms with Gasteiger partial charge in [-0.05, 0) is 45.2 Å². The second-order valence-corrected chi connectivity index (χ2v) is 10.6. The van der Waals surface area contributed by atoms with Gasteiger partial charge in [-0.15, -0.1) is 0 Å². The molecule has 3 heteroatoms. The summed E-state index contributed by atoms with van der Waals surface area (Å²) >= 11 is 0.